The Morgan fingerprint density at radius 2 is 1.74 bits per heavy atom. The Morgan fingerprint density at radius 3 is 2.39 bits per heavy atom. The fourth-order valence-electron chi connectivity index (χ4n) is 3.46. The summed E-state index contributed by atoms with van der Waals surface area (Å²) in [7, 11) is 1.24. The molecule has 0 amide bonds. The van der Waals surface area contributed by atoms with E-state index < -0.39 is 17.2 Å². The van der Waals surface area contributed by atoms with Crippen LogP contribution in [0.3, 0.4) is 0 Å². The molecule has 2 heterocycles. The number of pyridine rings is 1. The van der Waals surface area contributed by atoms with E-state index in [4.69, 9.17) is 16.3 Å². The Labute approximate surface area is 182 Å². The molecule has 0 spiro atoms. The number of benzene rings is 2. The monoisotopic (exact) mass is 435 g/mol. The van der Waals surface area contributed by atoms with Gasteiger partial charge in [-0.2, -0.15) is 0 Å². The highest BCUT2D eigenvalue weighted by Crippen LogP contribution is 2.19. The van der Waals surface area contributed by atoms with Gasteiger partial charge in [-0.25, -0.2) is 19.1 Å². The predicted octanol–water partition coefficient (Wildman–Crippen LogP) is 3.34. The molecule has 4 aromatic rings. The molecule has 156 valence electrons. The smallest absolute Gasteiger partial charge is 0.338 e. The lowest BCUT2D eigenvalue weighted by molar-refractivity contribution is 0.0602. The van der Waals surface area contributed by atoms with E-state index in [1.54, 1.807) is 55.5 Å². The molecule has 0 saturated heterocycles. The van der Waals surface area contributed by atoms with Crippen LogP contribution >= 0.6 is 11.6 Å². The van der Waals surface area contributed by atoms with Crippen LogP contribution in [0.25, 0.3) is 16.7 Å². The van der Waals surface area contributed by atoms with E-state index in [9.17, 15) is 14.4 Å². The zero-order valence-electron chi connectivity index (χ0n) is 16.8. The number of carbonyl (C=O) groups is 1. The number of para-hydroxylation sites is 1. The van der Waals surface area contributed by atoms with Gasteiger partial charge in [-0.1, -0.05) is 41.9 Å². The van der Waals surface area contributed by atoms with Gasteiger partial charge < -0.3 is 4.74 Å². The first-order valence-corrected chi connectivity index (χ1v) is 9.84. The Morgan fingerprint density at radius 1 is 1.06 bits per heavy atom. The number of esters is 1. The van der Waals surface area contributed by atoms with Gasteiger partial charge in [0.25, 0.3) is 5.56 Å². The Kier molecular flexibility index (Phi) is 5.44. The van der Waals surface area contributed by atoms with Gasteiger partial charge in [0, 0.05) is 10.7 Å². The molecule has 0 bridgehead atoms. The maximum absolute atomic E-state index is 13.5. The first-order valence-electron chi connectivity index (χ1n) is 9.46. The van der Waals surface area contributed by atoms with Crippen LogP contribution in [0.4, 0.5) is 0 Å². The molecule has 0 N–H and O–H groups in total. The summed E-state index contributed by atoms with van der Waals surface area (Å²) in [6.45, 7) is 1.69. The van der Waals surface area contributed by atoms with Crippen LogP contribution in [0, 0.1) is 6.92 Å². The zero-order chi connectivity index (χ0) is 22.1. The van der Waals surface area contributed by atoms with Gasteiger partial charge in [0.1, 0.15) is 0 Å². The van der Waals surface area contributed by atoms with E-state index >= 15 is 0 Å². The molecule has 2 aromatic carbocycles. The summed E-state index contributed by atoms with van der Waals surface area (Å²) in [5, 5.41) is 0.568. The number of aryl methyl sites for hydroxylation is 1. The van der Waals surface area contributed by atoms with E-state index in [1.807, 2.05) is 6.07 Å². The van der Waals surface area contributed by atoms with E-state index in [-0.39, 0.29) is 23.1 Å². The number of rotatable bonds is 4. The van der Waals surface area contributed by atoms with E-state index in [0.717, 1.165) is 4.57 Å². The topological polar surface area (TPSA) is 83.2 Å². The molecule has 0 fully saturated rings. The van der Waals surface area contributed by atoms with Crippen molar-refractivity contribution >= 4 is 28.6 Å². The number of halogens is 1. The molecule has 31 heavy (non-hydrogen) atoms. The van der Waals surface area contributed by atoms with Crippen molar-refractivity contribution in [2.45, 2.75) is 13.5 Å². The van der Waals surface area contributed by atoms with Gasteiger partial charge in [-0.15, -0.1) is 0 Å². The van der Waals surface area contributed by atoms with Gasteiger partial charge >= 0.3 is 11.7 Å². The molecule has 4 rings (SSSR count). The molecule has 0 radical (unpaired) electrons. The third-order valence-electron chi connectivity index (χ3n) is 4.90. The normalized spacial score (nSPS) is 10.9. The minimum atomic E-state index is -0.677. The van der Waals surface area contributed by atoms with Crippen molar-refractivity contribution < 1.29 is 9.53 Å². The number of hydrogen-bond donors (Lipinski definition) is 0. The molecule has 2 aromatic heterocycles. The lowest BCUT2D eigenvalue weighted by Gasteiger charge is -2.16. The van der Waals surface area contributed by atoms with Gasteiger partial charge in [0.15, 0.2) is 5.65 Å². The van der Waals surface area contributed by atoms with Crippen molar-refractivity contribution in [1.29, 1.82) is 0 Å². The van der Waals surface area contributed by atoms with Crippen LogP contribution in [-0.2, 0) is 11.3 Å². The van der Waals surface area contributed by atoms with Gasteiger partial charge in [0.2, 0.25) is 0 Å². The lowest BCUT2D eigenvalue weighted by Crippen LogP contribution is -2.40. The van der Waals surface area contributed by atoms with Crippen LogP contribution < -0.4 is 11.2 Å². The van der Waals surface area contributed by atoms with Gasteiger partial charge in [-0.3, -0.25) is 9.36 Å². The minimum Gasteiger partial charge on any atom is -0.465 e. The standard InChI is InChI=1S/C23H18ClN3O4/c1-14-12-18(22(29)31-2)19-20(25-14)27(17-6-4-3-5-7-17)23(30)26(21(19)28)13-15-8-10-16(24)11-9-15/h3-12H,13H2,1-2H3. The second-order valence-electron chi connectivity index (χ2n) is 6.97. The third kappa shape index (κ3) is 3.75. The molecule has 0 aliphatic rings. The Balaban J connectivity index is 2.12. The number of carbonyl (C=O) groups excluding carboxylic acids is 1. The molecule has 0 aliphatic carbocycles. The molecule has 0 atom stereocenters. The van der Waals surface area contributed by atoms with Crippen molar-refractivity contribution in [2.24, 2.45) is 0 Å². The van der Waals surface area contributed by atoms with Crippen LogP contribution in [0.1, 0.15) is 21.6 Å². The first-order chi connectivity index (χ1) is 14.9. The second-order valence-corrected chi connectivity index (χ2v) is 7.41. The Hall–Kier alpha value is -3.71. The molecule has 8 heteroatoms. The molecular formula is C23H18ClN3O4. The highest BCUT2D eigenvalue weighted by molar-refractivity contribution is 6.30. The van der Waals surface area contributed by atoms with Crippen molar-refractivity contribution in [3.8, 4) is 5.69 Å². The van der Waals surface area contributed by atoms with Crippen LogP contribution in [0.15, 0.2) is 70.3 Å². The predicted molar refractivity (Wildman–Crippen MR) is 118 cm³/mol. The number of hydrogen-bond acceptors (Lipinski definition) is 5. The number of methoxy groups -OCH3 is 1. The summed E-state index contributed by atoms with van der Waals surface area (Å²) in [4.78, 5) is 43.8. The van der Waals surface area contributed by atoms with Gasteiger partial charge in [0.05, 0.1) is 30.3 Å². The lowest BCUT2D eigenvalue weighted by atomic mass is 10.1. The van der Waals surface area contributed by atoms with E-state index in [2.05, 4.69) is 4.98 Å². The quantitative estimate of drug-likeness (QED) is 0.459. The minimum absolute atomic E-state index is 0.00605. The highest BCUT2D eigenvalue weighted by atomic mass is 35.5. The number of fused-ring (bicyclic) bond motifs is 1. The van der Waals surface area contributed by atoms with Crippen molar-refractivity contribution in [3.05, 3.63) is 103 Å². The molecule has 0 saturated carbocycles. The number of aromatic nitrogens is 3. The van der Waals surface area contributed by atoms with E-state index in [0.29, 0.717) is 22.0 Å². The number of nitrogens with zero attached hydrogens (tertiary/aromatic N) is 3. The number of ether oxygens (including phenoxy) is 1. The average molecular weight is 436 g/mol. The zero-order valence-corrected chi connectivity index (χ0v) is 17.6. The second kappa shape index (κ2) is 8.20. The van der Waals surface area contributed by atoms with Gasteiger partial charge in [-0.05, 0) is 42.8 Å². The fourth-order valence-corrected chi connectivity index (χ4v) is 3.58. The highest BCUT2D eigenvalue weighted by Gasteiger charge is 2.22. The largest absolute Gasteiger partial charge is 0.465 e. The molecule has 0 aliphatic heterocycles. The maximum Gasteiger partial charge on any atom is 0.338 e. The summed E-state index contributed by atoms with van der Waals surface area (Å²) >= 11 is 5.95. The molecule has 0 unspecified atom stereocenters. The first kappa shape index (κ1) is 20.6. The summed E-state index contributed by atoms with van der Waals surface area (Å²) in [6, 6.07) is 17.2. The Bertz CT molecular complexity index is 1410. The summed E-state index contributed by atoms with van der Waals surface area (Å²) in [6.07, 6.45) is 0. The fraction of sp³-hybridized carbons (Fsp3) is 0.130. The summed E-state index contributed by atoms with van der Waals surface area (Å²) < 4.78 is 7.31. The van der Waals surface area contributed by atoms with Crippen LogP contribution in [0.5, 0.6) is 0 Å². The van der Waals surface area contributed by atoms with Crippen molar-refractivity contribution in [3.63, 3.8) is 0 Å². The van der Waals surface area contributed by atoms with Crippen LogP contribution in [0.2, 0.25) is 5.02 Å². The van der Waals surface area contributed by atoms with E-state index in [1.165, 1.54) is 17.7 Å². The SMILES string of the molecule is COC(=O)c1cc(C)nc2c1c(=O)n(Cc1ccc(Cl)cc1)c(=O)n2-c1ccccc1. The maximum atomic E-state index is 13.5. The summed E-state index contributed by atoms with van der Waals surface area (Å²) in [5.41, 5.74) is 0.700. The van der Waals surface area contributed by atoms with Crippen molar-refractivity contribution in [1.82, 2.24) is 14.1 Å². The molecule has 7 nitrogen and oxygen atoms in total. The summed E-state index contributed by atoms with van der Waals surface area (Å²) in [5.74, 6) is -0.677. The molecular weight excluding hydrogens is 418 g/mol. The van der Waals surface area contributed by atoms with Crippen LogP contribution in [-0.4, -0.2) is 27.2 Å². The third-order valence-corrected chi connectivity index (χ3v) is 5.15. The average Bonchev–Trinajstić information content (AvgIpc) is 2.77. The van der Waals surface area contributed by atoms with Crippen molar-refractivity contribution in [2.75, 3.05) is 7.11 Å².